The van der Waals surface area contributed by atoms with E-state index in [1.807, 2.05) is 18.0 Å². The zero-order valence-corrected chi connectivity index (χ0v) is 13.6. The maximum atomic E-state index is 4.50. The van der Waals surface area contributed by atoms with Crippen LogP contribution in [0.1, 0.15) is 25.2 Å². The van der Waals surface area contributed by atoms with Crippen LogP contribution in [0.15, 0.2) is 41.6 Å². The zero-order chi connectivity index (χ0) is 14.7. The molecule has 0 radical (unpaired) electrons. The van der Waals surface area contributed by atoms with Crippen molar-refractivity contribution in [2.24, 2.45) is 5.92 Å². The van der Waals surface area contributed by atoms with E-state index in [1.54, 1.807) is 0 Å². The lowest BCUT2D eigenvalue weighted by molar-refractivity contribution is 0.525. The maximum Gasteiger partial charge on any atom is 0.122 e. The Labute approximate surface area is 131 Å². The summed E-state index contributed by atoms with van der Waals surface area (Å²) in [6.07, 6.45) is 5.19. The van der Waals surface area contributed by atoms with Crippen molar-refractivity contribution in [2.75, 3.05) is 6.54 Å². The third kappa shape index (κ3) is 3.69. The lowest BCUT2D eigenvalue weighted by atomic mass is 10.1. The van der Waals surface area contributed by atoms with Gasteiger partial charge in [0.1, 0.15) is 5.82 Å². The molecule has 0 bridgehead atoms. The van der Waals surface area contributed by atoms with Crippen LogP contribution in [0.3, 0.4) is 0 Å². The minimum absolute atomic E-state index is 0.625. The number of aromatic nitrogens is 2. The summed E-state index contributed by atoms with van der Waals surface area (Å²) >= 11 is 2.00. The molecule has 112 valence electrons. The van der Waals surface area contributed by atoms with E-state index in [0.29, 0.717) is 11.2 Å². The minimum Gasteiger partial charge on any atom is -0.333 e. The highest BCUT2D eigenvalue weighted by molar-refractivity contribution is 8.00. The number of fused-ring (bicyclic) bond motifs is 1. The van der Waals surface area contributed by atoms with Crippen molar-refractivity contribution in [3.05, 3.63) is 48.0 Å². The molecule has 1 aromatic heterocycles. The Hall–Kier alpha value is -1.26. The van der Waals surface area contributed by atoms with Crippen LogP contribution in [0.5, 0.6) is 0 Å². The molecule has 0 aliphatic carbocycles. The highest BCUT2D eigenvalue weighted by atomic mass is 32.2. The quantitative estimate of drug-likeness (QED) is 0.887. The summed E-state index contributed by atoms with van der Waals surface area (Å²) in [6, 6.07) is 8.76. The summed E-state index contributed by atoms with van der Waals surface area (Å²) in [5.41, 5.74) is 1.49. The molecule has 21 heavy (non-hydrogen) atoms. The van der Waals surface area contributed by atoms with Gasteiger partial charge < -0.3 is 9.88 Å². The molecule has 2 heterocycles. The average Bonchev–Trinajstić information content (AvgIpc) is 3.05. The fourth-order valence-corrected chi connectivity index (χ4v) is 4.04. The van der Waals surface area contributed by atoms with Gasteiger partial charge in [-0.1, -0.05) is 32.0 Å². The average molecular weight is 301 g/mol. The van der Waals surface area contributed by atoms with E-state index >= 15 is 0 Å². The number of hydrogen-bond donors (Lipinski definition) is 1. The number of imidazole rings is 1. The Bertz CT molecular complexity index is 566. The van der Waals surface area contributed by atoms with Crippen LogP contribution in [0, 0.1) is 5.92 Å². The van der Waals surface area contributed by atoms with E-state index in [0.717, 1.165) is 31.9 Å². The van der Waals surface area contributed by atoms with Gasteiger partial charge in [-0.2, -0.15) is 0 Å². The van der Waals surface area contributed by atoms with E-state index in [2.05, 4.69) is 59.2 Å². The molecule has 0 saturated heterocycles. The molecular weight excluding hydrogens is 278 g/mol. The van der Waals surface area contributed by atoms with Crippen molar-refractivity contribution in [3.63, 3.8) is 0 Å². The Balaban J connectivity index is 1.58. The Morgan fingerprint density at radius 1 is 1.38 bits per heavy atom. The van der Waals surface area contributed by atoms with Crippen LogP contribution in [-0.4, -0.2) is 21.3 Å². The number of nitrogens with one attached hydrogen (secondary N) is 1. The fourth-order valence-electron chi connectivity index (χ4n) is 2.72. The SMILES string of the molecule is CC(C)CNCc1nccn1CC1Cc2ccccc2S1. The first-order chi connectivity index (χ1) is 10.2. The van der Waals surface area contributed by atoms with Crippen LogP contribution in [0.25, 0.3) is 0 Å². The number of benzene rings is 1. The van der Waals surface area contributed by atoms with E-state index in [-0.39, 0.29) is 0 Å². The molecule has 3 nitrogen and oxygen atoms in total. The van der Waals surface area contributed by atoms with E-state index in [4.69, 9.17) is 0 Å². The van der Waals surface area contributed by atoms with Crippen molar-refractivity contribution in [1.82, 2.24) is 14.9 Å². The van der Waals surface area contributed by atoms with Gasteiger partial charge in [-0.3, -0.25) is 0 Å². The molecule has 0 fully saturated rings. The maximum absolute atomic E-state index is 4.50. The number of hydrogen-bond acceptors (Lipinski definition) is 3. The second-order valence-electron chi connectivity index (χ2n) is 6.07. The van der Waals surface area contributed by atoms with Gasteiger partial charge in [-0.15, -0.1) is 11.8 Å². The lowest BCUT2D eigenvalue weighted by Crippen LogP contribution is -2.23. The molecule has 1 aromatic carbocycles. The molecule has 0 spiro atoms. The predicted molar refractivity (Wildman–Crippen MR) is 88.6 cm³/mol. The first-order valence-corrected chi connectivity index (χ1v) is 8.55. The third-order valence-electron chi connectivity index (χ3n) is 3.75. The van der Waals surface area contributed by atoms with Gasteiger partial charge in [0, 0.05) is 29.1 Å². The third-order valence-corrected chi connectivity index (χ3v) is 5.05. The Morgan fingerprint density at radius 3 is 3.05 bits per heavy atom. The first-order valence-electron chi connectivity index (χ1n) is 7.67. The van der Waals surface area contributed by atoms with Crippen molar-refractivity contribution in [1.29, 1.82) is 0 Å². The molecule has 1 N–H and O–H groups in total. The largest absolute Gasteiger partial charge is 0.333 e. The van der Waals surface area contributed by atoms with Crippen LogP contribution in [0.2, 0.25) is 0 Å². The van der Waals surface area contributed by atoms with E-state index < -0.39 is 0 Å². The highest BCUT2D eigenvalue weighted by Gasteiger charge is 2.22. The van der Waals surface area contributed by atoms with Crippen molar-refractivity contribution in [3.8, 4) is 0 Å². The fraction of sp³-hybridized carbons (Fsp3) is 0.471. The lowest BCUT2D eigenvalue weighted by Gasteiger charge is -2.13. The highest BCUT2D eigenvalue weighted by Crippen LogP contribution is 2.37. The zero-order valence-electron chi connectivity index (χ0n) is 12.7. The molecule has 1 aliphatic heterocycles. The molecular formula is C17H23N3S. The van der Waals surface area contributed by atoms with Crippen molar-refractivity contribution >= 4 is 11.8 Å². The van der Waals surface area contributed by atoms with Crippen LogP contribution >= 0.6 is 11.8 Å². The molecule has 0 saturated carbocycles. The Morgan fingerprint density at radius 2 is 2.24 bits per heavy atom. The van der Waals surface area contributed by atoms with Crippen LogP contribution in [0.4, 0.5) is 0 Å². The number of thioether (sulfide) groups is 1. The van der Waals surface area contributed by atoms with Gasteiger partial charge in [0.05, 0.1) is 6.54 Å². The summed E-state index contributed by atoms with van der Waals surface area (Å²) in [7, 11) is 0. The summed E-state index contributed by atoms with van der Waals surface area (Å²) in [6.45, 7) is 7.39. The van der Waals surface area contributed by atoms with Crippen LogP contribution in [-0.2, 0) is 19.5 Å². The van der Waals surface area contributed by atoms with Gasteiger partial charge >= 0.3 is 0 Å². The molecule has 3 rings (SSSR count). The molecule has 1 atom stereocenters. The monoisotopic (exact) mass is 301 g/mol. The molecule has 2 aromatic rings. The van der Waals surface area contributed by atoms with Gasteiger partial charge in [-0.05, 0) is 30.5 Å². The van der Waals surface area contributed by atoms with Gasteiger partial charge in [0.25, 0.3) is 0 Å². The smallest absolute Gasteiger partial charge is 0.122 e. The summed E-state index contributed by atoms with van der Waals surface area (Å²) in [4.78, 5) is 5.94. The van der Waals surface area contributed by atoms with Gasteiger partial charge in [0.15, 0.2) is 0 Å². The minimum atomic E-state index is 0.625. The van der Waals surface area contributed by atoms with Gasteiger partial charge in [0.2, 0.25) is 0 Å². The Kier molecular flexibility index (Phi) is 4.66. The predicted octanol–water partition coefficient (Wildman–Crippen LogP) is 3.35. The molecule has 4 heteroatoms. The second-order valence-corrected chi connectivity index (χ2v) is 7.41. The van der Waals surface area contributed by atoms with E-state index in [1.165, 1.54) is 10.5 Å². The van der Waals surface area contributed by atoms with Gasteiger partial charge in [-0.25, -0.2) is 4.98 Å². The first kappa shape index (κ1) is 14.7. The van der Waals surface area contributed by atoms with E-state index in [9.17, 15) is 0 Å². The topological polar surface area (TPSA) is 29.9 Å². The van der Waals surface area contributed by atoms with Crippen LogP contribution < -0.4 is 5.32 Å². The molecule has 1 unspecified atom stereocenters. The number of rotatable bonds is 6. The molecule has 1 aliphatic rings. The summed E-state index contributed by atoms with van der Waals surface area (Å²) in [5.74, 6) is 1.82. The molecule has 0 amide bonds. The summed E-state index contributed by atoms with van der Waals surface area (Å²) in [5, 5.41) is 4.10. The normalized spacial score (nSPS) is 17.4. The summed E-state index contributed by atoms with van der Waals surface area (Å²) < 4.78 is 2.30. The standard InChI is InChI=1S/C17H23N3S/c1-13(2)10-18-11-17-19-7-8-20(17)12-15-9-14-5-3-4-6-16(14)21-15/h3-8,13,15,18H,9-12H2,1-2H3. The number of nitrogens with zero attached hydrogens (tertiary/aromatic N) is 2. The van der Waals surface area contributed by atoms with Crippen molar-refractivity contribution < 1.29 is 0 Å². The second kappa shape index (κ2) is 6.67. The van der Waals surface area contributed by atoms with Crippen molar-refractivity contribution in [2.45, 2.75) is 43.5 Å².